The number of carbonyl (C=O) groups excluding carboxylic acids is 1. The van der Waals surface area contributed by atoms with Crippen LogP contribution in [0.3, 0.4) is 0 Å². The first kappa shape index (κ1) is 19.2. The minimum absolute atomic E-state index is 0.0472. The molecule has 0 radical (unpaired) electrons. The number of hydrogen-bond acceptors (Lipinski definition) is 5. The van der Waals surface area contributed by atoms with E-state index in [0.29, 0.717) is 11.3 Å². The molecule has 7 nitrogen and oxygen atoms in total. The van der Waals surface area contributed by atoms with Gasteiger partial charge in [0, 0.05) is 12.1 Å². The first-order chi connectivity index (χ1) is 13.0. The molecule has 2 aromatic rings. The average Bonchev–Trinajstić information content (AvgIpc) is 3.03. The molecule has 0 bridgehead atoms. The van der Waals surface area contributed by atoms with Gasteiger partial charge in [-0.05, 0) is 45.8 Å². The molecule has 146 valence electrons. The van der Waals surface area contributed by atoms with E-state index in [9.17, 15) is 13.6 Å². The lowest BCUT2D eigenvalue weighted by Gasteiger charge is -2.23. The van der Waals surface area contributed by atoms with Crippen molar-refractivity contribution in [2.45, 2.75) is 45.9 Å². The number of benzene rings is 1. The molecular formula is C18H23F2N5O2. The molecule has 27 heavy (non-hydrogen) atoms. The van der Waals surface area contributed by atoms with E-state index in [-0.39, 0.29) is 24.0 Å². The normalized spacial score (nSPS) is 15.1. The molecule has 1 amide bonds. The van der Waals surface area contributed by atoms with Crippen LogP contribution in [0.4, 0.5) is 8.78 Å². The van der Waals surface area contributed by atoms with E-state index >= 15 is 0 Å². The van der Waals surface area contributed by atoms with Crippen LogP contribution in [-0.2, 0) is 6.54 Å². The van der Waals surface area contributed by atoms with Gasteiger partial charge in [-0.1, -0.05) is 22.9 Å². The number of ether oxygens (including phenoxy) is 1. The highest BCUT2D eigenvalue weighted by Gasteiger charge is 2.23. The molecule has 0 aliphatic carbocycles. The SMILES string of the molecule is Cc1ccc(OC(F)F)c(CNC(=O)c2nnn(C3CCNCC3)c2C)c1. The van der Waals surface area contributed by atoms with Crippen LogP contribution < -0.4 is 15.4 Å². The van der Waals surface area contributed by atoms with Gasteiger partial charge in [0.05, 0.1) is 11.7 Å². The smallest absolute Gasteiger partial charge is 0.387 e. The topological polar surface area (TPSA) is 81.1 Å². The Morgan fingerprint density at radius 2 is 2.11 bits per heavy atom. The Labute approximate surface area is 156 Å². The summed E-state index contributed by atoms with van der Waals surface area (Å²) < 4.78 is 31.4. The van der Waals surface area contributed by atoms with E-state index in [1.165, 1.54) is 6.07 Å². The predicted molar refractivity (Wildman–Crippen MR) is 94.9 cm³/mol. The van der Waals surface area contributed by atoms with Crippen LogP contribution in [0.15, 0.2) is 18.2 Å². The van der Waals surface area contributed by atoms with Crippen molar-refractivity contribution in [1.29, 1.82) is 0 Å². The number of nitrogens with one attached hydrogen (secondary N) is 2. The Bertz CT molecular complexity index is 803. The van der Waals surface area contributed by atoms with Gasteiger partial charge < -0.3 is 15.4 Å². The second-order valence-electron chi connectivity index (χ2n) is 6.62. The minimum Gasteiger partial charge on any atom is -0.434 e. The van der Waals surface area contributed by atoms with Crippen molar-refractivity contribution in [3.63, 3.8) is 0 Å². The van der Waals surface area contributed by atoms with Gasteiger partial charge in [-0.3, -0.25) is 4.79 Å². The molecule has 1 aromatic carbocycles. The fourth-order valence-electron chi connectivity index (χ4n) is 3.27. The summed E-state index contributed by atoms with van der Waals surface area (Å²) in [5, 5.41) is 14.2. The first-order valence-corrected chi connectivity index (χ1v) is 8.90. The number of rotatable bonds is 6. The highest BCUT2D eigenvalue weighted by molar-refractivity contribution is 5.93. The number of aryl methyl sites for hydroxylation is 1. The van der Waals surface area contributed by atoms with E-state index in [1.54, 1.807) is 16.8 Å². The molecule has 0 atom stereocenters. The Kier molecular flexibility index (Phi) is 6.00. The van der Waals surface area contributed by atoms with Crippen LogP contribution in [0, 0.1) is 13.8 Å². The van der Waals surface area contributed by atoms with Crippen molar-refractivity contribution in [1.82, 2.24) is 25.6 Å². The van der Waals surface area contributed by atoms with Crippen LogP contribution >= 0.6 is 0 Å². The van der Waals surface area contributed by atoms with Gasteiger partial charge in [-0.25, -0.2) is 4.68 Å². The zero-order chi connectivity index (χ0) is 19.4. The maximum atomic E-state index is 12.6. The van der Waals surface area contributed by atoms with E-state index in [4.69, 9.17) is 0 Å². The molecular weight excluding hydrogens is 356 g/mol. The number of amides is 1. The van der Waals surface area contributed by atoms with Gasteiger partial charge >= 0.3 is 6.61 Å². The summed E-state index contributed by atoms with van der Waals surface area (Å²) >= 11 is 0. The molecule has 1 fully saturated rings. The van der Waals surface area contributed by atoms with E-state index in [0.717, 1.165) is 31.5 Å². The summed E-state index contributed by atoms with van der Waals surface area (Å²) in [5.41, 5.74) is 2.31. The molecule has 1 saturated heterocycles. The number of aromatic nitrogens is 3. The van der Waals surface area contributed by atoms with Crippen molar-refractivity contribution < 1.29 is 18.3 Å². The Balaban J connectivity index is 1.70. The average molecular weight is 379 g/mol. The summed E-state index contributed by atoms with van der Waals surface area (Å²) in [6, 6.07) is 5.08. The molecule has 0 spiro atoms. The molecule has 0 unspecified atom stereocenters. The maximum Gasteiger partial charge on any atom is 0.387 e. The number of piperidine rings is 1. The number of halogens is 2. The van der Waals surface area contributed by atoms with Gasteiger partial charge in [0.15, 0.2) is 5.69 Å². The van der Waals surface area contributed by atoms with Gasteiger partial charge in [0.2, 0.25) is 0 Å². The van der Waals surface area contributed by atoms with E-state index in [1.807, 2.05) is 13.8 Å². The third kappa shape index (κ3) is 4.60. The van der Waals surface area contributed by atoms with Gasteiger partial charge in [0.25, 0.3) is 5.91 Å². The number of hydrogen-bond donors (Lipinski definition) is 2. The monoisotopic (exact) mass is 379 g/mol. The molecule has 1 aromatic heterocycles. The minimum atomic E-state index is -2.92. The van der Waals surface area contributed by atoms with Crippen LogP contribution in [-0.4, -0.2) is 40.6 Å². The quantitative estimate of drug-likeness (QED) is 0.805. The summed E-state index contributed by atoms with van der Waals surface area (Å²) in [5.74, 6) is -0.344. The predicted octanol–water partition coefficient (Wildman–Crippen LogP) is 2.35. The lowest BCUT2D eigenvalue weighted by molar-refractivity contribution is -0.0504. The van der Waals surface area contributed by atoms with Crippen LogP contribution in [0.25, 0.3) is 0 Å². The largest absolute Gasteiger partial charge is 0.434 e. The molecule has 2 heterocycles. The van der Waals surface area contributed by atoms with Crippen molar-refractivity contribution in [3.05, 3.63) is 40.7 Å². The third-order valence-corrected chi connectivity index (χ3v) is 4.67. The lowest BCUT2D eigenvalue weighted by Crippen LogP contribution is -2.30. The number of alkyl halides is 2. The van der Waals surface area contributed by atoms with Gasteiger partial charge in [-0.2, -0.15) is 8.78 Å². The van der Waals surface area contributed by atoms with Crippen molar-refractivity contribution in [3.8, 4) is 5.75 Å². The molecule has 2 N–H and O–H groups in total. The summed E-state index contributed by atoms with van der Waals surface area (Å²) in [7, 11) is 0. The van der Waals surface area contributed by atoms with Gasteiger partial charge in [0.1, 0.15) is 5.75 Å². The second-order valence-corrected chi connectivity index (χ2v) is 6.62. The van der Waals surface area contributed by atoms with E-state index in [2.05, 4.69) is 25.7 Å². The Hall–Kier alpha value is -2.55. The van der Waals surface area contributed by atoms with Crippen LogP contribution in [0.5, 0.6) is 5.75 Å². The summed E-state index contributed by atoms with van der Waals surface area (Å²) in [4.78, 5) is 12.5. The number of carbonyl (C=O) groups is 1. The fourth-order valence-corrected chi connectivity index (χ4v) is 3.27. The molecule has 1 aliphatic heterocycles. The van der Waals surface area contributed by atoms with Crippen molar-refractivity contribution in [2.24, 2.45) is 0 Å². The standard InChI is InChI=1S/C18H23F2N5O2/c1-11-3-4-15(27-18(19)20)13(9-11)10-22-17(26)16-12(2)25(24-23-16)14-5-7-21-8-6-14/h3-4,9,14,18,21H,5-8,10H2,1-2H3,(H,22,26). The van der Waals surface area contributed by atoms with Crippen molar-refractivity contribution >= 4 is 5.91 Å². The highest BCUT2D eigenvalue weighted by atomic mass is 19.3. The number of nitrogens with zero attached hydrogens (tertiary/aromatic N) is 3. The van der Waals surface area contributed by atoms with Crippen LogP contribution in [0.2, 0.25) is 0 Å². The maximum absolute atomic E-state index is 12.6. The summed E-state index contributed by atoms with van der Waals surface area (Å²) in [6.45, 7) is 2.61. The molecule has 3 rings (SSSR count). The lowest BCUT2D eigenvalue weighted by atomic mass is 10.1. The highest BCUT2D eigenvalue weighted by Crippen LogP contribution is 2.23. The molecule has 1 aliphatic rings. The van der Waals surface area contributed by atoms with E-state index < -0.39 is 12.5 Å². The van der Waals surface area contributed by atoms with Gasteiger partial charge in [-0.15, -0.1) is 5.10 Å². The Morgan fingerprint density at radius 3 is 2.81 bits per heavy atom. The van der Waals surface area contributed by atoms with Crippen LogP contribution in [0.1, 0.15) is 46.2 Å². The zero-order valence-electron chi connectivity index (χ0n) is 15.3. The van der Waals surface area contributed by atoms with Crippen molar-refractivity contribution in [2.75, 3.05) is 13.1 Å². The Morgan fingerprint density at radius 1 is 1.37 bits per heavy atom. The second kappa shape index (κ2) is 8.43. The molecule has 9 heteroatoms. The fraction of sp³-hybridized carbons (Fsp3) is 0.500. The zero-order valence-corrected chi connectivity index (χ0v) is 15.3. The molecule has 0 saturated carbocycles. The summed E-state index contributed by atoms with van der Waals surface area (Å²) in [6.07, 6.45) is 1.87. The third-order valence-electron chi connectivity index (χ3n) is 4.67. The first-order valence-electron chi connectivity index (χ1n) is 8.90.